The number of nitrogens with two attached hydrogens (primary N) is 1. The average molecular weight is 299 g/mol. The molecule has 1 aromatic carbocycles. The van der Waals surface area contributed by atoms with Crippen LogP contribution in [-0.2, 0) is 0 Å². The second kappa shape index (κ2) is 6.64. The van der Waals surface area contributed by atoms with Crippen molar-refractivity contribution in [3.05, 3.63) is 28.2 Å². The third-order valence-corrected chi connectivity index (χ3v) is 3.19. The highest BCUT2D eigenvalue weighted by atomic mass is 79.9. The summed E-state index contributed by atoms with van der Waals surface area (Å²) in [6.45, 7) is 5.72. The van der Waals surface area contributed by atoms with Gasteiger partial charge in [0.1, 0.15) is 0 Å². The summed E-state index contributed by atoms with van der Waals surface area (Å²) >= 11 is 3.40. The Balaban J connectivity index is 2.95. The van der Waals surface area contributed by atoms with Crippen LogP contribution in [0.15, 0.2) is 22.7 Å². The Kier molecular flexibility index (Phi) is 5.48. The molecule has 0 aliphatic rings. The van der Waals surface area contributed by atoms with Gasteiger partial charge in [0.25, 0.3) is 5.91 Å². The van der Waals surface area contributed by atoms with Crippen LogP contribution in [-0.4, -0.2) is 23.9 Å². The maximum atomic E-state index is 12.3. The lowest BCUT2D eigenvalue weighted by atomic mass is 10.1. The number of nitrogens with zero attached hydrogens (tertiary/aromatic N) is 1. The molecule has 0 heterocycles. The third kappa shape index (κ3) is 3.73. The second-order valence-electron chi connectivity index (χ2n) is 4.03. The first-order chi connectivity index (χ1) is 8.10. The maximum Gasteiger partial charge on any atom is 0.255 e. The zero-order valence-electron chi connectivity index (χ0n) is 10.4. The molecule has 0 atom stereocenters. The van der Waals surface area contributed by atoms with E-state index in [4.69, 9.17) is 5.73 Å². The van der Waals surface area contributed by atoms with Crippen LogP contribution in [0.1, 0.15) is 37.0 Å². The van der Waals surface area contributed by atoms with Gasteiger partial charge in [0.15, 0.2) is 0 Å². The fourth-order valence-corrected chi connectivity index (χ4v) is 2.15. The van der Waals surface area contributed by atoms with E-state index in [2.05, 4.69) is 29.8 Å². The minimum absolute atomic E-state index is 0.0490. The smallest absolute Gasteiger partial charge is 0.255 e. The van der Waals surface area contributed by atoms with Gasteiger partial charge < -0.3 is 10.6 Å². The standard InChI is InChI=1S/C13H19BrN2O/c1-3-7-16(8-4-2)13(17)11-9-10(15)5-6-12(11)14/h5-6,9H,3-4,7-8,15H2,1-2H3. The van der Waals surface area contributed by atoms with Crippen molar-refractivity contribution in [1.82, 2.24) is 4.90 Å². The van der Waals surface area contributed by atoms with Crippen LogP contribution in [0.25, 0.3) is 0 Å². The first-order valence-electron chi connectivity index (χ1n) is 5.94. The SMILES string of the molecule is CCCN(CCC)C(=O)c1cc(N)ccc1Br. The van der Waals surface area contributed by atoms with Crippen molar-refractivity contribution >= 4 is 27.5 Å². The number of hydrogen-bond acceptors (Lipinski definition) is 2. The van der Waals surface area contributed by atoms with Gasteiger partial charge in [-0.2, -0.15) is 0 Å². The number of benzene rings is 1. The highest BCUT2D eigenvalue weighted by Crippen LogP contribution is 2.21. The van der Waals surface area contributed by atoms with Crippen molar-refractivity contribution < 1.29 is 4.79 Å². The van der Waals surface area contributed by atoms with Crippen LogP contribution in [0, 0.1) is 0 Å². The van der Waals surface area contributed by atoms with Crippen LogP contribution < -0.4 is 5.73 Å². The number of carbonyl (C=O) groups excluding carboxylic acids is 1. The summed E-state index contributed by atoms with van der Waals surface area (Å²) in [5.74, 6) is 0.0490. The van der Waals surface area contributed by atoms with Crippen LogP contribution in [0.4, 0.5) is 5.69 Å². The zero-order valence-corrected chi connectivity index (χ0v) is 12.0. The molecule has 2 N–H and O–H groups in total. The molecule has 94 valence electrons. The molecule has 0 aliphatic carbocycles. The summed E-state index contributed by atoms with van der Waals surface area (Å²) in [4.78, 5) is 14.2. The number of carbonyl (C=O) groups is 1. The number of nitrogen functional groups attached to an aromatic ring is 1. The molecule has 0 saturated carbocycles. The highest BCUT2D eigenvalue weighted by molar-refractivity contribution is 9.10. The van der Waals surface area contributed by atoms with Gasteiger partial charge >= 0.3 is 0 Å². The average Bonchev–Trinajstić information content (AvgIpc) is 2.31. The highest BCUT2D eigenvalue weighted by Gasteiger charge is 2.16. The van der Waals surface area contributed by atoms with Crippen molar-refractivity contribution in [2.24, 2.45) is 0 Å². The van der Waals surface area contributed by atoms with Crippen molar-refractivity contribution in [1.29, 1.82) is 0 Å². The number of anilines is 1. The topological polar surface area (TPSA) is 46.3 Å². The molecule has 1 aromatic rings. The van der Waals surface area contributed by atoms with Crippen molar-refractivity contribution in [3.63, 3.8) is 0 Å². The predicted octanol–water partition coefficient (Wildman–Crippen LogP) is 3.29. The van der Waals surface area contributed by atoms with E-state index in [1.807, 2.05) is 11.0 Å². The molecule has 0 fully saturated rings. The van der Waals surface area contributed by atoms with Crippen LogP contribution >= 0.6 is 15.9 Å². The molecule has 0 aliphatic heterocycles. The lowest BCUT2D eigenvalue weighted by Gasteiger charge is -2.22. The molecule has 3 nitrogen and oxygen atoms in total. The molecule has 0 bridgehead atoms. The van der Waals surface area contributed by atoms with Gasteiger partial charge in [-0.15, -0.1) is 0 Å². The summed E-state index contributed by atoms with van der Waals surface area (Å²) in [6.07, 6.45) is 1.93. The van der Waals surface area contributed by atoms with E-state index in [1.54, 1.807) is 12.1 Å². The maximum absolute atomic E-state index is 12.3. The molecule has 0 radical (unpaired) electrons. The molecule has 17 heavy (non-hydrogen) atoms. The summed E-state index contributed by atoms with van der Waals surface area (Å²) in [5, 5.41) is 0. The first kappa shape index (κ1) is 14.0. The van der Waals surface area contributed by atoms with E-state index in [0.717, 1.165) is 30.4 Å². The Morgan fingerprint density at radius 1 is 1.29 bits per heavy atom. The Morgan fingerprint density at radius 3 is 2.41 bits per heavy atom. The molecule has 0 aromatic heterocycles. The Labute approximate surface area is 111 Å². The number of amides is 1. The van der Waals surface area contributed by atoms with Crippen molar-refractivity contribution in [2.75, 3.05) is 18.8 Å². The van der Waals surface area contributed by atoms with E-state index in [1.165, 1.54) is 0 Å². The Morgan fingerprint density at radius 2 is 1.88 bits per heavy atom. The number of rotatable bonds is 5. The van der Waals surface area contributed by atoms with Gasteiger partial charge in [0.2, 0.25) is 0 Å². The van der Waals surface area contributed by atoms with E-state index < -0.39 is 0 Å². The molecule has 1 amide bonds. The Hall–Kier alpha value is -1.03. The molecule has 1 rings (SSSR count). The summed E-state index contributed by atoms with van der Waals surface area (Å²) in [5.41, 5.74) is 6.98. The van der Waals surface area contributed by atoms with E-state index in [9.17, 15) is 4.79 Å². The van der Waals surface area contributed by atoms with Crippen molar-refractivity contribution in [3.8, 4) is 0 Å². The fourth-order valence-electron chi connectivity index (χ4n) is 1.73. The van der Waals surface area contributed by atoms with Gasteiger partial charge in [-0.05, 0) is 47.0 Å². The molecule has 0 unspecified atom stereocenters. The minimum Gasteiger partial charge on any atom is -0.399 e. The number of halogens is 1. The fraction of sp³-hybridized carbons (Fsp3) is 0.462. The largest absolute Gasteiger partial charge is 0.399 e. The zero-order chi connectivity index (χ0) is 12.8. The van der Waals surface area contributed by atoms with Crippen LogP contribution in [0.5, 0.6) is 0 Å². The van der Waals surface area contributed by atoms with Gasteiger partial charge in [-0.1, -0.05) is 13.8 Å². The first-order valence-corrected chi connectivity index (χ1v) is 6.73. The van der Waals surface area contributed by atoms with Crippen LogP contribution in [0.2, 0.25) is 0 Å². The lowest BCUT2D eigenvalue weighted by Crippen LogP contribution is -2.32. The molecule has 0 saturated heterocycles. The molecule has 4 heteroatoms. The second-order valence-corrected chi connectivity index (χ2v) is 4.89. The lowest BCUT2D eigenvalue weighted by molar-refractivity contribution is 0.0754. The van der Waals surface area contributed by atoms with Crippen LogP contribution in [0.3, 0.4) is 0 Å². The van der Waals surface area contributed by atoms with E-state index in [-0.39, 0.29) is 5.91 Å². The summed E-state index contributed by atoms with van der Waals surface area (Å²) in [6, 6.07) is 5.33. The summed E-state index contributed by atoms with van der Waals surface area (Å²) in [7, 11) is 0. The molecular formula is C13H19BrN2O. The quantitative estimate of drug-likeness (QED) is 0.848. The Bertz CT molecular complexity index is 387. The van der Waals surface area contributed by atoms with Gasteiger partial charge in [0, 0.05) is 23.2 Å². The third-order valence-electron chi connectivity index (χ3n) is 2.50. The minimum atomic E-state index is 0.0490. The van der Waals surface area contributed by atoms with Gasteiger partial charge in [-0.3, -0.25) is 4.79 Å². The molecule has 0 spiro atoms. The number of hydrogen-bond donors (Lipinski definition) is 1. The normalized spacial score (nSPS) is 10.3. The van der Waals surface area contributed by atoms with Gasteiger partial charge in [0.05, 0.1) is 5.56 Å². The van der Waals surface area contributed by atoms with E-state index in [0.29, 0.717) is 11.3 Å². The van der Waals surface area contributed by atoms with Crippen molar-refractivity contribution in [2.45, 2.75) is 26.7 Å². The molecular weight excluding hydrogens is 280 g/mol. The van der Waals surface area contributed by atoms with E-state index >= 15 is 0 Å². The van der Waals surface area contributed by atoms with Gasteiger partial charge in [-0.25, -0.2) is 0 Å². The predicted molar refractivity (Wildman–Crippen MR) is 75.0 cm³/mol. The summed E-state index contributed by atoms with van der Waals surface area (Å²) < 4.78 is 0.800. The monoisotopic (exact) mass is 298 g/mol.